The minimum atomic E-state index is -1.78. The predicted octanol–water partition coefficient (Wildman–Crippen LogP) is 3.96. The number of fused-ring (bicyclic) bond motifs is 5. The van der Waals surface area contributed by atoms with E-state index in [9.17, 15) is 67.7 Å². The molecule has 0 radical (unpaired) electrons. The third-order valence-corrected chi connectivity index (χ3v) is 25.1. The van der Waals surface area contributed by atoms with Crippen molar-refractivity contribution in [3.05, 3.63) is 94.3 Å². The van der Waals surface area contributed by atoms with Gasteiger partial charge >= 0.3 is 11.9 Å². The summed E-state index contributed by atoms with van der Waals surface area (Å²) in [6.45, 7) is 15.2. The van der Waals surface area contributed by atoms with E-state index >= 15 is 0 Å². The SMILES string of the molecule is CCC(=O)O[C@]1(C(=O)COCNC(=O)CNC(=O)[C@H](C)NC(=O)[C@H](CCC(=O)O)NC(=O)[C@H](CCC(=O)NCCOCCOCCOCCOCCOCCOCCOCCOCCOCCOCCOCCOC)NC(=O)CCN2C(=O)C(Sc3ccccc3)=C(Sc3ccccc3)C2=O)[C@@H](C)C[C@H]2[C@@H]3CCC4=CC(=O)C=C[C@]4(C)[C@@]3(Cl)[C@@H](O)C[C@@]21C. The fourth-order valence-electron chi connectivity index (χ4n) is 15.6. The number of aliphatic hydroxyl groups is 1. The maximum Gasteiger partial charge on any atom is 0.306 e. The van der Waals surface area contributed by atoms with Gasteiger partial charge in [0.25, 0.3) is 11.8 Å². The fourth-order valence-corrected chi connectivity index (χ4v) is 18.1. The zero-order chi connectivity index (χ0) is 89.1. The van der Waals surface area contributed by atoms with E-state index in [2.05, 4.69) is 31.9 Å². The van der Waals surface area contributed by atoms with Gasteiger partial charge in [0.2, 0.25) is 41.2 Å². The number of halogens is 1. The number of carboxylic acids is 1. The smallest absolute Gasteiger partial charge is 0.306 e. The van der Waals surface area contributed by atoms with Gasteiger partial charge in [-0.25, -0.2) is 0 Å². The minimum absolute atomic E-state index is 0.0239. The lowest BCUT2D eigenvalue weighted by Crippen LogP contribution is -2.69. The number of imide groups is 1. The van der Waals surface area contributed by atoms with E-state index in [0.29, 0.717) is 155 Å². The first kappa shape index (κ1) is 102. The van der Waals surface area contributed by atoms with Crippen LogP contribution >= 0.6 is 35.1 Å². The molecular formula is C85H122ClN7O28S2. The van der Waals surface area contributed by atoms with Crippen LogP contribution in [0.1, 0.15) is 98.8 Å². The Morgan fingerprint density at radius 2 is 1.04 bits per heavy atom. The van der Waals surface area contributed by atoms with Gasteiger partial charge in [0.05, 0.1) is 179 Å². The largest absolute Gasteiger partial charge is 0.481 e. The van der Waals surface area contributed by atoms with Crippen molar-refractivity contribution in [1.29, 1.82) is 0 Å². The molecule has 0 saturated heterocycles. The third kappa shape index (κ3) is 31.4. The summed E-state index contributed by atoms with van der Waals surface area (Å²) in [7, 11) is 1.62. The number of carboxylic acid groups (broad SMARTS) is 1. The van der Waals surface area contributed by atoms with E-state index < -0.39 is 162 Å². The zero-order valence-corrected chi connectivity index (χ0v) is 73.5. The highest BCUT2D eigenvalue weighted by atomic mass is 35.5. The number of hydrogen-bond donors (Lipinski definition) is 8. The number of aliphatic carboxylic acids is 1. The van der Waals surface area contributed by atoms with Gasteiger partial charge in [-0.2, -0.15) is 0 Å². The number of methoxy groups -OCH3 is 1. The number of hydrogen-bond acceptors (Lipinski definition) is 29. The monoisotopic (exact) mass is 1790 g/mol. The summed E-state index contributed by atoms with van der Waals surface area (Å²) >= 11 is 9.83. The lowest BCUT2D eigenvalue weighted by molar-refractivity contribution is -0.203. The Balaban J connectivity index is 0.817. The second kappa shape index (κ2) is 54.4. The third-order valence-electron chi connectivity index (χ3n) is 21.8. The van der Waals surface area contributed by atoms with Crippen LogP contribution in [0.3, 0.4) is 0 Å². The van der Waals surface area contributed by atoms with E-state index in [1.807, 2.05) is 20.8 Å². The van der Waals surface area contributed by atoms with Crippen molar-refractivity contribution < 1.29 is 134 Å². The van der Waals surface area contributed by atoms with E-state index in [1.165, 1.54) is 13.0 Å². The van der Waals surface area contributed by atoms with Crippen molar-refractivity contribution >= 4 is 106 Å². The Kier molecular flexibility index (Phi) is 45.3. The van der Waals surface area contributed by atoms with Crippen LogP contribution in [0, 0.1) is 28.6 Å². The molecule has 2 aromatic carbocycles. The molecule has 0 spiro atoms. The molecule has 1 aliphatic heterocycles. The summed E-state index contributed by atoms with van der Waals surface area (Å²) in [5.41, 5.74) is -2.96. The summed E-state index contributed by atoms with van der Waals surface area (Å²) < 4.78 is 77.4. The van der Waals surface area contributed by atoms with Crippen LogP contribution in [0.25, 0.3) is 0 Å². The Labute approximate surface area is 731 Å². The number of aliphatic hydroxyl groups excluding tert-OH is 1. The Bertz CT molecular complexity index is 3790. The summed E-state index contributed by atoms with van der Waals surface area (Å²) in [5, 5.41) is 36.9. The van der Waals surface area contributed by atoms with Gasteiger partial charge in [-0.15, -0.1) is 11.6 Å². The Hall–Kier alpha value is -7.67. The highest BCUT2D eigenvalue weighted by Crippen LogP contribution is 2.72. The second-order valence-corrected chi connectivity index (χ2v) is 33.0. The summed E-state index contributed by atoms with van der Waals surface area (Å²) in [5.74, 6) is -10.5. The molecule has 35 nitrogen and oxygen atoms in total. The first-order valence-electron chi connectivity index (χ1n) is 41.7. The fraction of sp³-hybridized carbons (Fsp3) is 0.647. The Morgan fingerprint density at radius 1 is 0.569 bits per heavy atom. The number of nitrogens with one attached hydrogen (secondary N) is 6. The van der Waals surface area contributed by atoms with Crippen LogP contribution in [0.5, 0.6) is 0 Å². The summed E-state index contributed by atoms with van der Waals surface area (Å²) in [4.78, 5) is 164. The number of benzene rings is 2. The van der Waals surface area contributed by atoms with Crippen LogP contribution in [-0.4, -0.2) is 313 Å². The number of carbonyl (C=O) groups is 12. The number of allylic oxidation sites excluding steroid dienone is 4. The maximum atomic E-state index is 14.7. The van der Waals surface area contributed by atoms with Crippen molar-refractivity contribution in [2.24, 2.45) is 28.6 Å². The number of carbonyl (C=O) groups excluding carboxylic acids is 11. The van der Waals surface area contributed by atoms with E-state index in [-0.39, 0.29) is 86.1 Å². The molecule has 3 saturated carbocycles. The maximum absolute atomic E-state index is 14.7. The van der Waals surface area contributed by atoms with Crippen LogP contribution in [-0.2, 0) is 124 Å². The predicted molar refractivity (Wildman–Crippen MR) is 448 cm³/mol. The molecule has 5 aliphatic rings. The number of esters is 1. The lowest BCUT2D eigenvalue weighted by Gasteiger charge is -2.64. The average molecular weight is 1790 g/mol. The summed E-state index contributed by atoms with van der Waals surface area (Å²) in [6, 6.07) is 13.1. The average Bonchev–Trinajstić information content (AvgIpc) is 1.57. The quantitative estimate of drug-likeness (QED) is 0.0153. The molecule has 38 heteroatoms. The molecule has 1 heterocycles. The minimum Gasteiger partial charge on any atom is -0.481 e. The summed E-state index contributed by atoms with van der Waals surface area (Å²) in [6.07, 6.45) is 2.47. The van der Waals surface area contributed by atoms with Crippen molar-refractivity contribution in [2.75, 3.05) is 192 Å². The highest BCUT2D eigenvalue weighted by molar-refractivity contribution is 8.08. The van der Waals surface area contributed by atoms with E-state index in [0.717, 1.165) is 34.0 Å². The molecule has 4 aliphatic carbocycles. The normalized spacial score (nSPS) is 22.2. The van der Waals surface area contributed by atoms with Crippen molar-refractivity contribution in [3.8, 4) is 0 Å². The van der Waals surface area contributed by atoms with Crippen molar-refractivity contribution in [1.82, 2.24) is 36.8 Å². The molecule has 7 rings (SSSR count). The van der Waals surface area contributed by atoms with Gasteiger partial charge in [0.1, 0.15) is 31.5 Å². The molecular weight excluding hydrogens is 1670 g/mol. The van der Waals surface area contributed by atoms with Gasteiger partial charge in [-0.3, -0.25) is 62.4 Å². The molecule has 8 amide bonds. The molecule has 8 N–H and O–H groups in total. The molecule has 11 atom stereocenters. The number of thioether (sulfide) groups is 2. The standard InChI is InChI=1S/C85H122ClN7O28S2/c1-7-74(102)121-85(58(2)52-65-64-19-18-60-53-61(94)24-26-82(60,4)84(64,86)68(95)54-83(65,85)5)69(96)56-120-57-89-72(99)55-88-77(103)59(3)90-78(104)67(21-23-73(100)101)92-79(105)66(91-71(98)25-28-93-80(106)75(122-62-14-10-8-11-15-62)76(81(93)107)123-63-16-12-9-13-17-63)20-22-70(97)87-27-29-109-32-33-111-36-37-113-40-41-115-44-45-117-48-49-119-51-50-118-47-46-116-43-42-114-39-38-112-35-34-110-31-30-108-6/h8-17,24,26,53,58-59,64-68,95H,7,18-23,25,27-52,54-57H2,1-6H3,(H,87,97)(H,88,103)(H,89,99)(H,90,104)(H,91,98)(H,92,105)(H,100,101)/t58-,59-,64-,65-,66-,67-,68-,82-,83-,84-,85-/m0/s1. The molecule has 684 valence electrons. The van der Waals surface area contributed by atoms with Crippen molar-refractivity contribution in [2.45, 2.75) is 143 Å². The van der Waals surface area contributed by atoms with Crippen molar-refractivity contribution in [3.63, 3.8) is 0 Å². The number of ether oxygens (including phenoxy) is 14. The van der Waals surface area contributed by atoms with Crippen LogP contribution in [0.15, 0.2) is 104 Å². The second-order valence-electron chi connectivity index (χ2n) is 30.2. The first-order chi connectivity index (χ1) is 59.2. The zero-order valence-electron chi connectivity index (χ0n) is 71.1. The van der Waals surface area contributed by atoms with Gasteiger partial charge in [-0.1, -0.05) is 99.3 Å². The van der Waals surface area contributed by atoms with Crippen LogP contribution in [0.2, 0.25) is 0 Å². The Morgan fingerprint density at radius 3 is 1.53 bits per heavy atom. The topological polar surface area (TPSA) is 450 Å². The molecule has 123 heavy (non-hydrogen) atoms. The number of rotatable bonds is 64. The molecule has 3 fully saturated rings. The number of nitrogens with zero attached hydrogens (tertiary/aromatic N) is 1. The molecule has 0 aromatic heterocycles. The molecule has 2 aromatic rings. The number of amides is 8. The molecule has 0 bridgehead atoms. The molecule has 0 unspecified atom stereocenters. The lowest BCUT2D eigenvalue weighted by atomic mass is 9.45. The number of alkyl halides is 1. The van der Waals surface area contributed by atoms with Gasteiger partial charge in [0.15, 0.2) is 11.4 Å². The van der Waals surface area contributed by atoms with Crippen LogP contribution < -0.4 is 31.9 Å². The highest BCUT2D eigenvalue weighted by Gasteiger charge is 2.76. The first-order valence-corrected chi connectivity index (χ1v) is 43.7. The number of ketones is 2. The van der Waals surface area contributed by atoms with E-state index in [1.54, 1.807) is 86.8 Å². The van der Waals surface area contributed by atoms with E-state index in [4.69, 9.17) is 77.9 Å². The van der Waals surface area contributed by atoms with Gasteiger partial charge < -0.3 is 108 Å². The van der Waals surface area contributed by atoms with Gasteiger partial charge in [0, 0.05) is 72.4 Å². The van der Waals surface area contributed by atoms with Crippen LogP contribution in [0.4, 0.5) is 0 Å². The number of Topliss-reactive ketones (excluding diaryl/α,β-unsaturated/α-hetero) is 1. The van der Waals surface area contributed by atoms with Gasteiger partial charge in [-0.05, 0) is 93.7 Å².